The van der Waals surface area contributed by atoms with Gasteiger partial charge in [-0.05, 0) is 24.6 Å². The van der Waals surface area contributed by atoms with Crippen LogP contribution in [0.3, 0.4) is 0 Å². The molecule has 0 amide bonds. The first-order valence-corrected chi connectivity index (χ1v) is 4.79. The van der Waals surface area contributed by atoms with E-state index in [9.17, 15) is 14.0 Å². The van der Waals surface area contributed by atoms with Crippen molar-refractivity contribution in [3.8, 4) is 0 Å². The van der Waals surface area contributed by atoms with Gasteiger partial charge in [0.05, 0.1) is 10.9 Å². The molecule has 84 valence electrons. The molecule has 0 aliphatic heterocycles. The van der Waals surface area contributed by atoms with Gasteiger partial charge >= 0.3 is 5.69 Å². The molecule has 0 atom stereocenters. The number of hydrogen-bond acceptors (Lipinski definition) is 2. The van der Waals surface area contributed by atoms with Crippen LogP contribution in [0, 0.1) is 12.7 Å². The van der Waals surface area contributed by atoms with E-state index in [0.717, 1.165) is 4.57 Å². The molecule has 0 unspecified atom stereocenters. The van der Waals surface area contributed by atoms with Gasteiger partial charge in [0.2, 0.25) is 0 Å². The molecular weight excluding hydrogens is 211 g/mol. The molecule has 2 rings (SSSR count). The fourth-order valence-corrected chi connectivity index (χ4v) is 1.72. The van der Waals surface area contributed by atoms with Gasteiger partial charge in [-0.15, -0.1) is 0 Å². The van der Waals surface area contributed by atoms with Crippen LogP contribution in [0.25, 0.3) is 10.9 Å². The third kappa shape index (κ3) is 1.28. The van der Waals surface area contributed by atoms with Crippen LogP contribution in [0.15, 0.2) is 21.7 Å². The highest BCUT2D eigenvalue weighted by molar-refractivity contribution is 5.78. The number of nitrogens with zero attached hydrogens (tertiary/aromatic N) is 2. The Morgan fingerprint density at radius 3 is 2.38 bits per heavy atom. The van der Waals surface area contributed by atoms with Crippen molar-refractivity contribution in [1.29, 1.82) is 0 Å². The number of benzene rings is 1. The van der Waals surface area contributed by atoms with Gasteiger partial charge in [0.1, 0.15) is 5.82 Å². The Balaban J connectivity index is 3.16. The lowest BCUT2D eigenvalue weighted by Gasteiger charge is -2.08. The molecule has 2 aromatic rings. The molecule has 0 saturated heterocycles. The van der Waals surface area contributed by atoms with E-state index in [4.69, 9.17) is 0 Å². The van der Waals surface area contributed by atoms with Crippen molar-refractivity contribution in [2.45, 2.75) is 6.92 Å². The zero-order valence-corrected chi connectivity index (χ0v) is 9.24. The third-order valence-corrected chi connectivity index (χ3v) is 2.75. The van der Waals surface area contributed by atoms with Crippen LogP contribution in [0.4, 0.5) is 4.39 Å². The Morgan fingerprint density at radius 1 is 1.12 bits per heavy atom. The van der Waals surface area contributed by atoms with Crippen molar-refractivity contribution in [2.75, 3.05) is 0 Å². The van der Waals surface area contributed by atoms with Crippen LogP contribution in [0.1, 0.15) is 5.56 Å². The third-order valence-electron chi connectivity index (χ3n) is 2.75. The van der Waals surface area contributed by atoms with Gasteiger partial charge in [-0.3, -0.25) is 13.9 Å². The molecule has 0 aliphatic carbocycles. The Bertz CT molecular complexity index is 698. The molecule has 0 saturated carbocycles. The lowest BCUT2D eigenvalue weighted by atomic mass is 10.1. The molecule has 0 fully saturated rings. The zero-order chi connectivity index (χ0) is 12.0. The van der Waals surface area contributed by atoms with Crippen LogP contribution < -0.4 is 11.2 Å². The second-order valence-electron chi connectivity index (χ2n) is 3.82. The van der Waals surface area contributed by atoms with Gasteiger partial charge in [-0.2, -0.15) is 0 Å². The van der Waals surface area contributed by atoms with Gasteiger partial charge in [0, 0.05) is 14.1 Å². The maximum atomic E-state index is 13.4. The molecule has 0 bridgehead atoms. The van der Waals surface area contributed by atoms with Gasteiger partial charge in [-0.1, -0.05) is 0 Å². The van der Waals surface area contributed by atoms with Crippen molar-refractivity contribution in [2.24, 2.45) is 14.1 Å². The molecule has 1 heterocycles. The van der Waals surface area contributed by atoms with Gasteiger partial charge in [0.25, 0.3) is 5.56 Å². The number of aryl methyl sites for hydroxylation is 2. The second-order valence-corrected chi connectivity index (χ2v) is 3.82. The second kappa shape index (κ2) is 3.30. The Hall–Kier alpha value is -1.91. The van der Waals surface area contributed by atoms with Crippen molar-refractivity contribution in [3.63, 3.8) is 0 Å². The summed E-state index contributed by atoms with van der Waals surface area (Å²) in [7, 11) is 2.92. The summed E-state index contributed by atoms with van der Waals surface area (Å²) in [6.45, 7) is 1.58. The Labute approximate surface area is 90.6 Å². The van der Waals surface area contributed by atoms with E-state index in [0.29, 0.717) is 16.5 Å². The maximum absolute atomic E-state index is 13.4. The van der Waals surface area contributed by atoms with E-state index in [1.807, 2.05) is 0 Å². The number of aromatic nitrogens is 2. The minimum Gasteiger partial charge on any atom is -0.296 e. The number of halogens is 1. The summed E-state index contributed by atoms with van der Waals surface area (Å²) in [5, 5.41) is 0.350. The molecule has 5 heteroatoms. The summed E-state index contributed by atoms with van der Waals surface area (Å²) in [6, 6.07) is 2.68. The van der Waals surface area contributed by atoms with E-state index in [1.165, 1.54) is 30.8 Å². The first-order valence-electron chi connectivity index (χ1n) is 4.79. The van der Waals surface area contributed by atoms with E-state index in [1.54, 1.807) is 6.92 Å². The van der Waals surface area contributed by atoms with Gasteiger partial charge < -0.3 is 0 Å². The molecule has 0 spiro atoms. The highest BCUT2D eigenvalue weighted by atomic mass is 19.1. The lowest BCUT2D eigenvalue weighted by Crippen LogP contribution is -2.37. The highest BCUT2D eigenvalue weighted by Gasteiger charge is 2.10. The topological polar surface area (TPSA) is 44.0 Å². The fourth-order valence-electron chi connectivity index (χ4n) is 1.72. The van der Waals surface area contributed by atoms with Gasteiger partial charge in [-0.25, -0.2) is 9.18 Å². The molecular formula is C11H11FN2O2. The molecule has 0 aliphatic rings. The summed E-state index contributed by atoms with van der Waals surface area (Å²) in [6.07, 6.45) is 0. The normalized spacial score (nSPS) is 11.0. The van der Waals surface area contributed by atoms with Crippen molar-refractivity contribution in [1.82, 2.24) is 9.13 Å². The SMILES string of the molecule is Cc1cc2c(=O)n(C)c(=O)n(C)c2cc1F. The smallest absolute Gasteiger partial charge is 0.296 e. The molecule has 1 aromatic heterocycles. The fraction of sp³-hybridized carbons (Fsp3) is 0.273. The summed E-state index contributed by atoms with van der Waals surface area (Å²) in [5.41, 5.74) is -0.151. The van der Waals surface area contributed by atoms with E-state index >= 15 is 0 Å². The van der Waals surface area contributed by atoms with E-state index in [2.05, 4.69) is 0 Å². The average molecular weight is 222 g/mol. The van der Waals surface area contributed by atoms with Crippen LogP contribution in [0.5, 0.6) is 0 Å². The lowest BCUT2D eigenvalue weighted by molar-refractivity contribution is 0.617. The van der Waals surface area contributed by atoms with Crippen LogP contribution in [0.2, 0.25) is 0 Å². The first kappa shape index (κ1) is 10.6. The number of hydrogen-bond donors (Lipinski definition) is 0. The average Bonchev–Trinajstić information content (AvgIpc) is 2.26. The first-order chi connectivity index (χ1) is 7.43. The van der Waals surface area contributed by atoms with E-state index in [-0.39, 0.29) is 0 Å². The molecule has 16 heavy (non-hydrogen) atoms. The van der Waals surface area contributed by atoms with Crippen LogP contribution in [-0.4, -0.2) is 9.13 Å². The Morgan fingerprint density at radius 2 is 1.75 bits per heavy atom. The van der Waals surface area contributed by atoms with Crippen molar-refractivity contribution in [3.05, 3.63) is 44.4 Å². The number of fused-ring (bicyclic) bond motifs is 1. The molecule has 4 nitrogen and oxygen atoms in total. The molecule has 1 aromatic carbocycles. The zero-order valence-electron chi connectivity index (χ0n) is 9.24. The predicted molar refractivity (Wildman–Crippen MR) is 59.1 cm³/mol. The summed E-state index contributed by atoms with van der Waals surface area (Å²) < 4.78 is 15.6. The number of rotatable bonds is 0. The minimum absolute atomic E-state index is 0.316. The van der Waals surface area contributed by atoms with Crippen molar-refractivity contribution >= 4 is 10.9 Å². The van der Waals surface area contributed by atoms with Crippen LogP contribution in [-0.2, 0) is 14.1 Å². The minimum atomic E-state index is -0.458. The molecule has 0 N–H and O–H groups in total. The quantitative estimate of drug-likeness (QED) is 0.658. The van der Waals surface area contributed by atoms with E-state index < -0.39 is 17.1 Å². The highest BCUT2D eigenvalue weighted by Crippen LogP contribution is 2.13. The summed E-state index contributed by atoms with van der Waals surface area (Å²) in [4.78, 5) is 23.4. The predicted octanol–water partition coefficient (Wildman–Crippen LogP) is 0.685. The maximum Gasteiger partial charge on any atom is 0.330 e. The molecule has 0 radical (unpaired) electrons. The standard InChI is InChI=1S/C11H11FN2O2/c1-6-4-7-9(5-8(6)12)13(2)11(16)14(3)10(7)15/h4-5H,1-3H3. The van der Waals surface area contributed by atoms with Crippen LogP contribution >= 0.6 is 0 Å². The summed E-state index contributed by atoms with van der Waals surface area (Å²) in [5.74, 6) is -0.421. The van der Waals surface area contributed by atoms with Gasteiger partial charge in [0.15, 0.2) is 0 Å². The monoisotopic (exact) mass is 222 g/mol. The van der Waals surface area contributed by atoms with Crippen molar-refractivity contribution < 1.29 is 4.39 Å². The largest absolute Gasteiger partial charge is 0.330 e. The summed E-state index contributed by atoms with van der Waals surface area (Å²) >= 11 is 0. The Kier molecular flexibility index (Phi) is 2.18.